The minimum atomic E-state index is -0.0554. The first-order valence-electron chi connectivity index (χ1n) is 10.7. The zero-order chi connectivity index (χ0) is 22.0. The third-order valence-corrected chi connectivity index (χ3v) is 4.90. The molecular weight excluding hydrogens is 505 g/mol. The number of halogens is 1. The molecule has 8 heteroatoms. The zero-order valence-corrected chi connectivity index (χ0v) is 22.0. The molecule has 0 saturated carbocycles. The highest BCUT2D eigenvalue weighted by Gasteiger charge is 2.19. The van der Waals surface area contributed by atoms with Crippen LogP contribution in [0.25, 0.3) is 0 Å². The number of aliphatic imine (C=N–C) groups is 1. The maximum atomic E-state index is 6.03. The second-order valence-corrected chi connectivity index (χ2v) is 8.13. The van der Waals surface area contributed by atoms with Crippen LogP contribution in [-0.4, -0.2) is 49.1 Å². The van der Waals surface area contributed by atoms with Gasteiger partial charge in [-0.05, 0) is 19.2 Å². The van der Waals surface area contributed by atoms with Gasteiger partial charge in [-0.25, -0.2) is 4.98 Å². The van der Waals surface area contributed by atoms with E-state index in [2.05, 4.69) is 66.2 Å². The Balaban J connectivity index is 0.00000480. The number of aromatic nitrogens is 1. The van der Waals surface area contributed by atoms with E-state index in [9.17, 15) is 0 Å². The number of benzene rings is 1. The number of likely N-dealkylation sites (N-methyl/N-ethyl adjacent to an activating group) is 1. The second kappa shape index (κ2) is 13.6. The first kappa shape index (κ1) is 27.2. The number of rotatable bonds is 10. The number of nitrogens with zero attached hydrogens (tertiary/aromatic N) is 3. The van der Waals surface area contributed by atoms with Crippen LogP contribution in [0.5, 0.6) is 5.75 Å². The average Bonchev–Trinajstić information content (AvgIpc) is 3.22. The van der Waals surface area contributed by atoms with Crippen LogP contribution in [0.15, 0.2) is 39.9 Å². The van der Waals surface area contributed by atoms with Crippen LogP contribution in [0.3, 0.4) is 0 Å². The molecular formula is C23H38IN5O2. The van der Waals surface area contributed by atoms with Crippen molar-refractivity contribution in [3.63, 3.8) is 0 Å². The van der Waals surface area contributed by atoms with Crippen molar-refractivity contribution in [2.24, 2.45) is 4.99 Å². The van der Waals surface area contributed by atoms with Gasteiger partial charge in [0.15, 0.2) is 5.96 Å². The van der Waals surface area contributed by atoms with Crippen molar-refractivity contribution in [3.05, 3.63) is 47.7 Å². The van der Waals surface area contributed by atoms with Crippen LogP contribution >= 0.6 is 24.0 Å². The van der Waals surface area contributed by atoms with E-state index in [1.165, 1.54) is 0 Å². The summed E-state index contributed by atoms with van der Waals surface area (Å²) in [5, 5.41) is 6.58. The predicted molar refractivity (Wildman–Crippen MR) is 137 cm³/mol. The van der Waals surface area contributed by atoms with Crippen LogP contribution in [-0.2, 0) is 18.5 Å². The topological polar surface area (TPSA) is 74.9 Å². The van der Waals surface area contributed by atoms with Gasteiger partial charge in [0.05, 0.1) is 12.7 Å². The molecule has 0 fully saturated rings. The summed E-state index contributed by atoms with van der Waals surface area (Å²) in [4.78, 5) is 11.0. The SMILES string of the molecule is CCN(CC)CCOc1ccccc1CNC(=NC)NCc1ncc(C(C)(C)C)o1.I. The number of para-hydroxylation sites is 1. The molecule has 0 atom stereocenters. The third kappa shape index (κ3) is 9.06. The lowest BCUT2D eigenvalue weighted by atomic mass is 9.94. The summed E-state index contributed by atoms with van der Waals surface area (Å²) in [5.41, 5.74) is 1.03. The number of guanidine groups is 1. The van der Waals surface area contributed by atoms with Gasteiger partial charge < -0.3 is 24.7 Å². The molecule has 0 bridgehead atoms. The summed E-state index contributed by atoms with van der Waals surface area (Å²) in [6.07, 6.45) is 1.79. The Kier molecular flexibility index (Phi) is 11.9. The largest absolute Gasteiger partial charge is 0.492 e. The molecule has 1 aromatic carbocycles. The van der Waals surface area contributed by atoms with Crippen molar-refractivity contribution in [1.82, 2.24) is 20.5 Å². The van der Waals surface area contributed by atoms with Crippen LogP contribution in [0.4, 0.5) is 0 Å². The minimum Gasteiger partial charge on any atom is -0.492 e. The second-order valence-electron chi connectivity index (χ2n) is 8.13. The molecule has 2 rings (SSSR count). The molecule has 0 spiro atoms. The summed E-state index contributed by atoms with van der Waals surface area (Å²) in [5.74, 6) is 3.10. The van der Waals surface area contributed by atoms with Gasteiger partial charge in [-0.2, -0.15) is 0 Å². The summed E-state index contributed by atoms with van der Waals surface area (Å²) in [7, 11) is 1.75. The van der Waals surface area contributed by atoms with Gasteiger partial charge in [-0.3, -0.25) is 4.99 Å². The number of ether oxygens (including phenoxy) is 1. The Morgan fingerprint density at radius 3 is 2.42 bits per heavy atom. The molecule has 1 heterocycles. The van der Waals surface area contributed by atoms with E-state index in [0.29, 0.717) is 31.5 Å². The fourth-order valence-corrected chi connectivity index (χ4v) is 2.91. The van der Waals surface area contributed by atoms with Crippen LogP contribution in [0, 0.1) is 0 Å². The predicted octanol–water partition coefficient (Wildman–Crippen LogP) is 4.18. The monoisotopic (exact) mass is 543 g/mol. The minimum absolute atomic E-state index is 0. The number of oxazole rings is 1. The number of nitrogens with one attached hydrogen (secondary N) is 2. The smallest absolute Gasteiger partial charge is 0.213 e. The summed E-state index contributed by atoms with van der Waals surface area (Å²) >= 11 is 0. The van der Waals surface area contributed by atoms with Crippen molar-refractivity contribution in [2.75, 3.05) is 33.3 Å². The molecule has 0 saturated heterocycles. The molecule has 0 aliphatic carbocycles. The van der Waals surface area contributed by atoms with E-state index in [-0.39, 0.29) is 29.4 Å². The third-order valence-electron chi connectivity index (χ3n) is 4.90. The Labute approximate surface area is 204 Å². The molecule has 174 valence electrons. The maximum Gasteiger partial charge on any atom is 0.213 e. The Hall–Kier alpha value is -1.81. The highest BCUT2D eigenvalue weighted by molar-refractivity contribution is 14.0. The summed E-state index contributed by atoms with van der Waals surface area (Å²) in [6.45, 7) is 15.4. The molecule has 2 aromatic rings. The van der Waals surface area contributed by atoms with Gasteiger partial charge >= 0.3 is 0 Å². The van der Waals surface area contributed by atoms with Gasteiger partial charge in [0.25, 0.3) is 0 Å². The van der Waals surface area contributed by atoms with E-state index in [4.69, 9.17) is 9.15 Å². The quantitative estimate of drug-likeness (QED) is 0.266. The lowest BCUT2D eigenvalue weighted by Gasteiger charge is -2.19. The lowest BCUT2D eigenvalue weighted by molar-refractivity contribution is 0.221. The molecule has 31 heavy (non-hydrogen) atoms. The van der Waals surface area contributed by atoms with E-state index in [1.807, 2.05) is 18.2 Å². The molecule has 7 nitrogen and oxygen atoms in total. The van der Waals surface area contributed by atoms with Crippen molar-refractivity contribution in [2.45, 2.75) is 53.1 Å². The van der Waals surface area contributed by atoms with Gasteiger partial charge in [0, 0.05) is 31.1 Å². The van der Waals surface area contributed by atoms with Crippen molar-refractivity contribution < 1.29 is 9.15 Å². The normalized spacial score (nSPS) is 11.9. The van der Waals surface area contributed by atoms with Gasteiger partial charge in [0.2, 0.25) is 5.89 Å². The van der Waals surface area contributed by atoms with Crippen LogP contribution in [0.2, 0.25) is 0 Å². The fourth-order valence-electron chi connectivity index (χ4n) is 2.91. The summed E-state index contributed by atoms with van der Waals surface area (Å²) < 4.78 is 11.9. The zero-order valence-electron chi connectivity index (χ0n) is 19.7. The van der Waals surface area contributed by atoms with Gasteiger partial charge in [0.1, 0.15) is 18.1 Å². The lowest BCUT2D eigenvalue weighted by Crippen LogP contribution is -2.36. The number of hydrogen-bond acceptors (Lipinski definition) is 5. The van der Waals surface area contributed by atoms with E-state index in [1.54, 1.807) is 13.2 Å². The Bertz CT molecular complexity index is 797. The molecule has 0 amide bonds. The van der Waals surface area contributed by atoms with Crippen LogP contribution < -0.4 is 15.4 Å². The Morgan fingerprint density at radius 2 is 1.81 bits per heavy atom. The van der Waals surface area contributed by atoms with Gasteiger partial charge in [-0.1, -0.05) is 52.8 Å². The van der Waals surface area contributed by atoms with E-state index < -0.39 is 0 Å². The van der Waals surface area contributed by atoms with Crippen molar-refractivity contribution in [3.8, 4) is 5.75 Å². The van der Waals surface area contributed by atoms with Crippen LogP contribution in [0.1, 0.15) is 51.8 Å². The van der Waals surface area contributed by atoms with Gasteiger partial charge in [-0.15, -0.1) is 24.0 Å². The highest BCUT2D eigenvalue weighted by atomic mass is 127. The average molecular weight is 543 g/mol. The standard InChI is InChI=1S/C23H37N5O2.HI/c1-7-28(8-2)13-14-29-19-12-10-9-11-18(19)15-26-22(24-6)27-17-21-25-16-20(30-21)23(3,4)5;/h9-12,16H,7-8,13-15,17H2,1-6H3,(H2,24,26,27);1H. The van der Waals surface area contributed by atoms with E-state index in [0.717, 1.165) is 36.7 Å². The first-order chi connectivity index (χ1) is 14.4. The first-order valence-corrected chi connectivity index (χ1v) is 10.7. The van der Waals surface area contributed by atoms with Crippen molar-refractivity contribution >= 4 is 29.9 Å². The maximum absolute atomic E-state index is 6.03. The highest BCUT2D eigenvalue weighted by Crippen LogP contribution is 2.22. The molecule has 0 aliphatic rings. The van der Waals surface area contributed by atoms with Crippen molar-refractivity contribution in [1.29, 1.82) is 0 Å². The summed E-state index contributed by atoms with van der Waals surface area (Å²) in [6, 6.07) is 8.09. The molecule has 2 N–H and O–H groups in total. The Morgan fingerprint density at radius 1 is 1.13 bits per heavy atom. The molecule has 0 unspecified atom stereocenters. The molecule has 0 radical (unpaired) electrons. The van der Waals surface area contributed by atoms with E-state index >= 15 is 0 Å². The molecule has 0 aliphatic heterocycles. The fraction of sp³-hybridized carbons (Fsp3) is 0.565. The molecule has 1 aromatic heterocycles. The number of hydrogen-bond donors (Lipinski definition) is 2.